The highest BCUT2D eigenvalue weighted by atomic mass is 32.1. The number of rotatable bonds is 16. The molecule has 0 saturated carbocycles. The maximum absolute atomic E-state index is 12.4. The first-order valence-electron chi connectivity index (χ1n) is 19.0. The van der Waals surface area contributed by atoms with Crippen molar-refractivity contribution in [1.29, 1.82) is 0 Å². The number of ether oxygens (including phenoxy) is 7. The van der Waals surface area contributed by atoms with Crippen LogP contribution in [-0.2, 0) is 47.5 Å². The molecular formula is C33H58N6O19S. The van der Waals surface area contributed by atoms with Crippen LogP contribution < -0.4 is 32.3 Å². The van der Waals surface area contributed by atoms with Gasteiger partial charge in [-0.05, 0) is 12.2 Å². The van der Waals surface area contributed by atoms with E-state index in [-0.39, 0.29) is 18.1 Å². The Morgan fingerprint density at radius 1 is 0.610 bits per heavy atom. The van der Waals surface area contributed by atoms with E-state index in [0.717, 1.165) is 13.8 Å². The van der Waals surface area contributed by atoms with Crippen LogP contribution >= 0.6 is 12.2 Å². The van der Waals surface area contributed by atoms with Crippen LogP contribution in [0.15, 0.2) is 0 Å². The number of hydrogen-bond donors (Lipinski definition) is 15. The lowest BCUT2D eigenvalue weighted by Gasteiger charge is -2.50. The number of aliphatic hydroxyl groups excluding tert-OH is 9. The summed E-state index contributed by atoms with van der Waals surface area (Å²) >= 11 is 5.27. The highest BCUT2D eigenvalue weighted by Gasteiger charge is 2.55. The third-order valence-electron chi connectivity index (χ3n) is 10.0. The summed E-state index contributed by atoms with van der Waals surface area (Å²) in [6.45, 7) is 0.927. The quantitative estimate of drug-likeness (QED) is 0.0640. The zero-order valence-electron chi connectivity index (χ0n) is 32.5. The van der Waals surface area contributed by atoms with Crippen LogP contribution in [-0.4, -0.2) is 225 Å². The van der Waals surface area contributed by atoms with Gasteiger partial charge in [0.1, 0.15) is 79.2 Å². The largest absolute Gasteiger partial charge is 0.394 e. The predicted octanol–water partition coefficient (Wildman–Crippen LogP) is -8.86. The molecule has 11 unspecified atom stereocenters. The van der Waals surface area contributed by atoms with E-state index in [1.54, 1.807) is 0 Å². The zero-order valence-corrected chi connectivity index (χ0v) is 33.3. The first-order valence-corrected chi connectivity index (χ1v) is 19.4. The molecule has 4 saturated heterocycles. The van der Waals surface area contributed by atoms with Crippen molar-refractivity contribution in [2.45, 2.75) is 144 Å². The number of carbonyl (C=O) groups excluding carboxylic acids is 3. The van der Waals surface area contributed by atoms with Crippen molar-refractivity contribution in [2.24, 2.45) is 5.73 Å². The van der Waals surface area contributed by atoms with Gasteiger partial charge < -0.3 is 111 Å². The lowest BCUT2D eigenvalue weighted by Crippen LogP contribution is -2.70. The zero-order chi connectivity index (χ0) is 43.7. The van der Waals surface area contributed by atoms with Crippen LogP contribution in [0.25, 0.3) is 0 Å². The highest BCUT2D eigenvalue weighted by Crippen LogP contribution is 2.34. The fourth-order valence-corrected chi connectivity index (χ4v) is 7.45. The fraction of sp³-hybridized carbons (Fsp3) is 0.879. The highest BCUT2D eigenvalue weighted by molar-refractivity contribution is 7.80. The molecule has 0 aromatic heterocycles. The van der Waals surface area contributed by atoms with Gasteiger partial charge in [-0.3, -0.25) is 14.4 Å². The van der Waals surface area contributed by atoms with Crippen molar-refractivity contribution in [3.05, 3.63) is 0 Å². The second kappa shape index (κ2) is 22.5. The van der Waals surface area contributed by atoms with Crippen molar-refractivity contribution < 1.29 is 93.5 Å². The number of nitrogens with one attached hydrogen (secondary N) is 5. The summed E-state index contributed by atoms with van der Waals surface area (Å²) in [5.41, 5.74) is 5.52. The Labute approximate surface area is 343 Å². The Morgan fingerprint density at radius 2 is 1.12 bits per heavy atom. The molecule has 0 aromatic rings. The van der Waals surface area contributed by atoms with Gasteiger partial charge in [0.15, 0.2) is 30.2 Å². The molecule has 0 radical (unpaired) electrons. The SMILES string of the molecule is CC(=O)NC1C(O)[C@@H](O)C(CO)O[C@H]1O[C@@H]1C(CO)O[C@@H](OC2C(O)[C@H](O[C@H]3CC(NC(C)=O)[C@H](NC(=S)NCCN)OC3CO)OC(CO)[C@@H]2O)C(NC(C)=O)C1O. The minimum Gasteiger partial charge on any atom is -0.394 e. The van der Waals surface area contributed by atoms with Crippen molar-refractivity contribution >= 4 is 35.1 Å². The number of amides is 3. The van der Waals surface area contributed by atoms with Gasteiger partial charge in [0.05, 0.1) is 38.6 Å². The molecule has 25 nitrogen and oxygen atoms in total. The first-order chi connectivity index (χ1) is 28.0. The number of thiocarbonyl (C=S) groups is 1. The number of carbonyl (C=O) groups is 3. The molecule has 0 aromatic carbocycles. The second-order valence-electron chi connectivity index (χ2n) is 14.5. The van der Waals surface area contributed by atoms with Crippen molar-refractivity contribution in [3.63, 3.8) is 0 Å². The van der Waals surface area contributed by atoms with Crippen molar-refractivity contribution in [1.82, 2.24) is 26.6 Å². The monoisotopic (exact) mass is 874 g/mol. The fourth-order valence-electron chi connectivity index (χ4n) is 7.23. The average Bonchev–Trinajstić information content (AvgIpc) is 3.18. The smallest absolute Gasteiger partial charge is 0.217 e. The molecule has 4 aliphatic rings. The molecule has 0 aliphatic carbocycles. The Bertz CT molecular complexity index is 1400. The summed E-state index contributed by atoms with van der Waals surface area (Å²) in [5, 5.41) is 110. The third-order valence-corrected chi connectivity index (χ3v) is 10.3. The van der Waals surface area contributed by atoms with Crippen molar-refractivity contribution in [2.75, 3.05) is 39.5 Å². The van der Waals surface area contributed by atoms with Gasteiger partial charge in [0, 0.05) is 40.3 Å². The molecule has 26 heteroatoms. The Balaban J connectivity index is 1.56. The van der Waals surface area contributed by atoms with Crippen LogP contribution in [0, 0.1) is 0 Å². The molecule has 16 N–H and O–H groups in total. The number of nitrogens with two attached hydrogens (primary N) is 1. The van der Waals surface area contributed by atoms with E-state index >= 15 is 0 Å². The molecule has 0 bridgehead atoms. The molecular weight excluding hydrogens is 816 g/mol. The van der Waals surface area contributed by atoms with E-state index in [1.165, 1.54) is 6.92 Å². The lowest BCUT2D eigenvalue weighted by atomic mass is 9.94. The van der Waals surface area contributed by atoms with Gasteiger partial charge in [-0.25, -0.2) is 0 Å². The summed E-state index contributed by atoms with van der Waals surface area (Å²) in [4.78, 5) is 36.5. The van der Waals surface area contributed by atoms with E-state index in [1.807, 2.05) is 0 Å². The summed E-state index contributed by atoms with van der Waals surface area (Å²) in [6, 6.07) is -3.88. The third kappa shape index (κ3) is 12.3. The first kappa shape index (κ1) is 49.1. The van der Waals surface area contributed by atoms with Crippen molar-refractivity contribution in [3.8, 4) is 0 Å². The summed E-state index contributed by atoms with van der Waals surface area (Å²) in [7, 11) is 0. The lowest BCUT2D eigenvalue weighted by molar-refractivity contribution is -0.368. The minimum absolute atomic E-state index is 0.0446. The Morgan fingerprint density at radius 3 is 1.66 bits per heavy atom. The standard InChI is InChI=1S/C33H58N6O19S/c1-11(44)36-14-6-15(16(7-40)52-29(14)39-33(59)35-5-4-34)53-32-26(51)28(23(48)18(9-42)55-32)58-31-21(38-13(3)46)25(50)27(19(10-43)56-31)57-30-20(37-12(2)45)24(49)22(47)17(8-41)54-30/h14-32,40-43,47-51H,4-10,34H2,1-3H3,(H,36,44)(H,37,45)(H,38,46)(H2,35,39,59)/t14?,15-,16?,17?,18?,19?,20?,21?,22-,23-,24?,25?,26?,27+,28?,29+,30-,31-,32+/m0/s1. The van der Waals surface area contributed by atoms with Crippen LogP contribution in [0.2, 0.25) is 0 Å². The molecule has 3 amide bonds. The summed E-state index contributed by atoms with van der Waals surface area (Å²) in [5.74, 6) is -1.85. The van der Waals surface area contributed by atoms with E-state index in [2.05, 4.69) is 26.6 Å². The number of hydrogen-bond acceptors (Lipinski definition) is 21. The number of aliphatic hydroxyl groups is 9. The van der Waals surface area contributed by atoms with E-state index in [0.29, 0.717) is 6.54 Å². The van der Waals surface area contributed by atoms with Crippen LogP contribution in [0.1, 0.15) is 27.2 Å². The van der Waals surface area contributed by atoms with Gasteiger partial charge in [0.25, 0.3) is 0 Å². The average molecular weight is 875 g/mol. The van der Waals surface area contributed by atoms with Crippen LogP contribution in [0.3, 0.4) is 0 Å². The molecule has 4 heterocycles. The molecule has 59 heavy (non-hydrogen) atoms. The molecule has 4 rings (SSSR count). The molecule has 340 valence electrons. The van der Waals surface area contributed by atoms with Crippen LogP contribution in [0.5, 0.6) is 0 Å². The predicted molar refractivity (Wildman–Crippen MR) is 198 cm³/mol. The Kier molecular flexibility index (Phi) is 18.7. The van der Waals surface area contributed by atoms with Gasteiger partial charge >= 0.3 is 0 Å². The van der Waals surface area contributed by atoms with Gasteiger partial charge in [-0.2, -0.15) is 0 Å². The van der Waals surface area contributed by atoms with E-state index < -0.39 is 161 Å². The van der Waals surface area contributed by atoms with Gasteiger partial charge in [0.2, 0.25) is 17.7 Å². The maximum atomic E-state index is 12.4. The molecule has 19 atom stereocenters. The molecule has 0 spiro atoms. The van der Waals surface area contributed by atoms with Gasteiger partial charge in [-0.1, -0.05) is 0 Å². The summed E-state index contributed by atoms with van der Waals surface area (Å²) < 4.78 is 41.3. The van der Waals surface area contributed by atoms with Gasteiger partial charge in [-0.15, -0.1) is 0 Å². The van der Waals surface area contributed by atoms with E-state index in [9.17, 15) is 60.3 Å². The van der Waals surface area contributed by atoms with Crippen LogP contribution in [0.4, 0.5) is 0 Å². The normalized spacial score (nSPS) is 41.3. The molecule has 4 fully saturated rings. The summed E-state index contributed by atoms with van der Waals surface area (Å²) in [6.07, 6.45) is -25.2. The molecule has 4 aliphatic heterocycles. The Hall–Kier alpha value is -2.58. The maximum Gasteiger partial charge on any atom is 0.217 e. The second-order valence-corrected chi connectivity index (χ2v) is 14.9. The topological polar surface area (TPSA) is 384 Å². The minimum atomic E-state index is -1.92. The van der Waals surface area contributed by atoms with E-state index in [4.69, 9.17) is 51.1 Å².